The van der Waals surface area contributed by atoms with Crippen molar-refractivity contribution in [3.05, 3.63) is 35.6 Å². The summed E-state index contributed by atoms with van der Waals surface area (Å²) in [6.45, 7) is 5.31. The summed E-state index contributed by atoms with van der Waals surface area (Å²) in [5.41, 5.74) is 0.806. The maximum atomic E-state index is 13.4. The van der Waals surface area contributed by atoms with Crippen molar-refractivity contribution in [3.8, 4) is 0 Å². The molecule has 2 aliphatic heterocycles. The molecule has 0 aliphatic carbocycles. The summed E-state index contributed by atoms with van der Waals surface area (Å²) in [6, 6.07) is 5.86. The van der Waals surface area contributed by atoms with Crippen LogP contribution in [0.15, 0.2) is 24.3 Å². The van der Waals surface area contributed by atoms with E-state index in [2.05, 4.69) is 15.5 Å². The summed E-state index contributed by atoms with van der Waals surface area (Å²) in [6.07, 6.45) is 3.87. The van der Waals surface area contributed by atoms with E-state index < -0.39 is 6.04 Å². The molecule has 1 atom stereocenters. The van der Waals surface area contributed by atoms with E-state index in [-0.39, 0.29) is 24.1 Å². The minimum absolute atomic E-state index is 0.113. The standard InChI is InChI=1S/C20H29FN4O2/c21-17-6-4-5-16(13-17)15-25-12-8-23-20(27)18(25)14-19(26)22-7-11-24-9-2-1-3-10-24/h4-6,13,18H,1-3,7-12,14-15H2,(H,22,26)(H,23,27). The summed E-state index contributed by atoms with van der Waals surface area (Å²) in [5.74, 6) is -0.539. The lowest BCUT2D eigenvalue weighted by Gasteiger charge is -2.34. The highest BCUT2D eigenvalue weighted by atomic mass is 19.1. The first-order valence-corrected chi connectivity index (χ1v) is 9.87. The SMILES string of the molecule is O=C(CC1C(=O)NCCN1Cc1cccc(F)c1)NCCN1CCCCC1. The minimum Gasteiger partial charge on any atom is -0.355 e. The van der Waals surface area contributed by atoms with Crippen molar-refractivity contribution in [3.63, 3.8) is 0 Å². The molecule has 2 aliphatic rings. The highest BCUT2D eigenvalue weighted by Crippen LogP contribution is 2.15. The predicted octanol–water partition coefficient (Wildman–Crippen LogP) is 1.12. The third-order valence-electron chi connectivity index (χ3n) is 5.29. The van der Waals surface area contributed by atoms with Gasteiger partial charge in [0, 0.05) is 32.7 Å². The monoisotopic (exact) mass is 376 g/mol. The van der Waals surface area contributed by atoms with Crippen molar-refractivity contribution in [2.24, 2.45) is 0 Å². The van der Waals surface area contributed by atoms with Crippen LogP contribution in [0.2, 0.25) is 0 Å². The minimum atomic E-state index is -0.517. The van der Waals surface area contributed by atoms with Crippen LogP contribution >= 0.6 is 0 Å². The zero-order chi connectivity index (χ0) is 19.1. The van der Waals surface area contributed by atoms with Crippen molar-refractivity contribution >= 4 is 11.8 Å². The van der Waals surface area contributed by atoms with Crippen LogP contribution < -0.4 is 10.6 Å². The number of carbonyl (C=O) groups is 2. The Labute approximate surface area is 160 Å². The number of likely N-dealkylation sites (tertiary alicyclic amines) is 1. The van der Waals surface area contributed by atoms with Gasteiger partial charge in [0.2, 0.25) is 11.8 Å². The maximum absolute atomic E-state index is 13.4. The van der Waals surface area contributed by atoms with Crippen molar-refractivity contribution in [2.45, 2.75) is 38.3 Å². The van der Waals surface area contributed by atoms with E-state index in [9.17, 15) is 14.0 Å². The molecule has 0 saturated carbocycles. The number of piperazine rings is 1. The van der Waals surface area contributed by atoms with Crippen LogP contribution in [0.25, 0.3) is 0 Å². The highest BCUT2D eigenvalue weighted by Gasteiger charge is 2.31. The number of amides is 2. The molecule has 1 aromatic carbocycles. The first-order chi connectivity index (χ1) is 13.1. The normalized spacial score (nSPS) is 21.7. The van der Waals surface area contributed by atoms with Crippen LogP contribution in [0.4, 0.5) is 4.39 Å². The van der Waals surface area contributed by atoms with Gasteiger partial charge >= 0.3 is 0 Å². The van der Waals surface area contributed by atoms with Crippen molar-refractivity contribution in [2.75, 3.05) is 39.3 Å². The van der Waals surface area contributed by atoms with Crippen LogP contribution in [0.3, 0.4) is 0 Å². The first kappa shape index (κ1) is 19.8. The fraction of sp³-hybridized carbons (Fsp3) is 0.600. The lowest BCUT2D eigenvalue weighted by Crippen LogP contribution is -2.56. The fourth-order valence-electron chi connectivity index (χ4n) is 3.83. The number of hydrogen-bond acceptors (Lipinski definition) is 4. The molecule has 7 heteroatoms. The van der Waals surface area contributed by atoms with Crippen LogP contribution in [0.1, 0.15) is 31.2 Å². The summed E-state index contributed by atoms with van der Waals surface area (Å²) >= 11 is 0. The Hall–Kier alpha value is -1.99. The molecule has 0 aromatic heterocycles. The first-order valence-electron chi connectivity index (χ1n) is 9.87. The van der Waals surface area contributed by atoms with E-state index in [1.807, 2.05) is 11.0 Å². The number of halogens is 1. The number of hydrogen-bond donors (Lipinski definition) is 2. The van der Waals surface area contributed by atoms with E-state index in [1.165, 1.54) is 31.4 Å². The second kappa shape index (κ2) is 9.80. The molecule has 148 valence electrons. The lowest BCUT2D eigenvalue weighted by molar-refractivity contribution is -0.134. The average Bonchev–Trinajstić information content (AvgIpc) is 2.65. The van der Waals surface area contributed by atoms with Crippen molar-refractivity contribution in [1.29, 1.82) is 0 Å². The van der Waals surface area contributed by atoms with E-state index in [0.29, 0.717) is 26.2 Å². The molecule has 1 aromatic rings. The van der Waals surface area contributed by atoms with E-state index in [1.54, 1.807) is 6.07 Å². The van der Waals surface area contributed by atoms with Gasteiger partial charge in [0.25, 0.3) is 0 Å². The van der Waals surface area contributed by atoms with E-state index in [4.69, 9.17) is 0 Å². The maximum Gasteiger partial charge on any atom is 0.237 e. The third kappa shape index (κ3) is 6.01. The second-order valence-corrected chi connectivity index (χ2v) is 7.36. The Morgan fingerprint density at radius 1 is 1.22 bits per heavy atom. The van der Waals surface area contributed by atoms with Gasteiger partial charge in [-0.3, -0.25) is 14.5 Å². The van der Waals surface area contributed by atoms with Gasteiger partial charge in [-0.2, -0.15) is 0 Å². The largest absolute Gasteiger partial charge is 0.355 e. The molecule has 0 bridgehead atoms. The molecule has 2 N–H and O–H groups in total. The van der Waals surface area contributed by atoms with Gasteiger partial charge in [0.1, 0.15) is 5.82 Å². The van der Waals surface area contributed by atoms with Gasteiger partial charge in [0.05, 0.1) is 12.5 Å². The molecule has 2 heterocycles. The van der Waals surface area contributed by atoms with E-state index >= 15 is 0 Å². The number of piperidine rings is 1. The molecule has 0 radical (unpaired) electrons. The zero-order valence-electron chi connectivity index (χ0n) is 15.8. The number of carbonyl (C=O) groups excluding carboxylic acids is 2. The number of benzene rings is 1. The van der Waals surface area contributed by atoms with Gasteiger partial charge in [0.15, 0.2) is 0 Å². The summed E-state index contributed by atoms with van der Waals surface area (Å²) in [5, 5.41) is 5.77. The molecule has 2 fully saturated rings. The number of nitrogens with one attached hydrogen (secondary N) is 2. The van der Waals surface area contributed by atoms with Gasteiger partial charge in [-0.1, -0.05) is 18.6 Å². The zero-order valence-corrected chi connectivity index (χ0v) is 15.8. The molecule has 27 heavy (non-hydrogen) atoms. The molecular formula is C20H29FN4O2. The smallest absolute Gasteiger partial charge is 0.237 e. The van der Waals surface area contributed by atoms with Crippen LogP contribution in [0.5, 0.6) is 0 Å². The Morgan fingerprint density at radius 3 is 2.81 bits per heavy atom. The topological polar surface area (TPSA) is 64.7 Å². The average molecular weight is 376 g/mol. The predicted molar refractivity (Wildman–Crippen MR) is 102 cm³/mol. The Morgan fingerprint density at radius 2 is 2.04 bits per heavy atom. The fourth-order valence-corrected chi connectivity index (χ4v) is 3.83. The van der Waals surface area contributed by atoms with Crippen LogP contribution in [0, 0.1) is 5.82 Å². The third-order valence-corrected chi connectivity index (χ3v) is 5.29. The Kier molecular flexibility index (Phi) is 7.18. The lowest BCUT2D eigenvalue weighted by atomic mass is 10.1. The molecular weight excluding hydrogens is 347 g/mol. The van der Waals surface area contributed by atoms with Gasteiger partial charge in [-0.25, -0.2) is 4.39 Å². The quantitative estimate of drug-likeness (QED) is 0.749. The number of rotatable bonds is 7. The van der Waals surface area contributed by atoms with Crippen molar-refractivity contribution < 1.29 is 14.0 Å². The van der Waals surface area contributed by atoms with Gasteiger partial charge in [-0.15, -0.1) is 0 Å². The molecule has 1 unspecified atom stereocenters. The van der Waals surface area contributed by atoms with Crippen LogP contribution in [-0.4, -0.2) is 66.9 Å². The molecule has 3 rings (SSSR count). The molecule has 0 spiro atoms. The summed E-state index contributed by atoms with van der Waals surface area (Å²) < 4.78 is 13.4. The second-order valence-electron chi connectivity index (χ2n) is 7.36. The Bertz CT molecular complexity index is 649. The Balaban J connectivity index is 1.50. The molecule has 6 nitrogen and oxygen atoms in total. The van der Waals surface area contributed by atoms with Crippen molar-refractivity contribution in [1.82, 2.24) is 20.4 Å². The summed E-state index contributed by atoms with van der Waals surface area (Å²) in [4.78, 5) is 29.0. The molecule has 2 amide bonds. The highest BCUT2D eigenvalue weighted by molar-refractivity contribution is 5.88. The van der Waals surface area contributed by atoms with Gasteiger partial charge in [-0.05, 0) is 43.6 Å². The van der Waals surface area contributed by atoms with Gasteiger partial charge < -0.3 is 15.5 Å². The number of nitrogens with zero attached hydrogens (tertiary/aromatic N) is 2. The molecule has 2 saturated heterocycles. The summed E-state index contributed by atoms with van der Waals surface area (Å²) in [7, 11) is 0. The van der Waals surface area contributed by atoms with E-state index in [0.717, 1.165) is 25.2 Å². The van der Waals surface area contributed by atoms with Crippen LogP contribution in [-0.2, 0) is 16.1 Å².